The SMILES string of the molecule is Nc1c(NC2CCN(Cc3cc(Cl)cc(Cl)c3)CC2)ncnc1-n1cccn1. The van der Waals surface area contributed by atoms with Crippen LogP contribution in [0.25, 0.3) is 5.82 Å². The molecule has 0 aliphatic carbocycles. The van der Waals surface area contributed by atoms with Gasteiger partial charge in [0, 0.05) is 48.1 Å². The molecule has 1 saturated heterocycles. The van der Waals surface area contributed by atoms with Crippen molar-refractivity contribution in [3.63, 3.8) is 0 Å². The molecule has 0 spiro atoms. The van der Waals surface area contributed by atoms with Gasteiger partial charge in [-0.2, -0.15) is 5.10 Å². The zero-order valence-corrected chi connectivity index (χ0v) is 16.7. The van der Waals surface area contributed by atoms with E-state index in [0.29, 0.717) is 33.4 Å². The Morgan fingerprint density at radius 3 is 2.54 bits per heavy atom. The van der Waals surface area contributed by atoms with Crippen LogP contribution in [-0.4, -0.2) is 43.8 Å². The molecule has 146 valence electrons. The number of nitrogens with two attached hydrogens (primary N) is 1. The highest BCUT2D eigenvalue weighted by Gasteiger charge is 2.21. The minimum atomic E-state index is 0.307. The van der Waals surface area contributed by atoms with Crippen LogP contribution in [0.1, 0.15) is 18.4 Å². The van der Waals surface area contributed by atoms with Gasteiger partial charge in [0.25, 0.3) is 0 Å². The van der Waals surface area contributed by atoms with Gasteiger partial charge in [-0.3, -0.25) is 4.90 Å². The predicted molar refractivity (Wildman–Crippen MR) is 112 cm³/mol. The van der Waals surface area contributed by atoms with E-state index in [1.54, 1.807) is 16.9 Å². The van der Waals surface area contributed by atoms with Crippen LogP contribution in [-0.2, 0) is 6.54 Å². The number of nitrogens with one attached hydrogen (secondary N) is 1. The third kappa shape index (κ3) is 4.38. The maximum atomic E-state index is 6.27. The Morgan fingerprint density at radius 1 is 1.11 bits per heavy atom. The van der Waals surface area contributed by atoms with E-state index in [2.05, 4.69) is 25.3 Å². The first-order valence-electron chi connectivity index (χ1n) is 9.13. The Kier molecular flexibility index (Phi) is 5.66. The van der Waals surface area contributed by atoms with Crippen LogP contribution < -0.4 is 11.1 Å². The van der Waals surface area contributed by atoms with Crippen LogP contribution in [0.15, 0.2) is 43.0 Å². The normalized spacial score (nSPS) is 15.6. The molecular formula is C19H21Cl2N7. The summed E-state index contributed by atoms with van der Waals surface area (Å²) < 4.78 is 1.64. The number of halogens is 2. The largest absolute Gasteiger partial charge is 0.393 e. The summed E-state index contributed by atoms with van der Waals surface area (Å²) in [5.41, 5.74) is 7.90. The van der Waals surface area contributed by atoms with Gasteiger partial charge in [-0.05, 0) is 42.7 Å². The molecule has 0 saturated carbocycles. The molecule has 1 fully saturated rings. The Bertz CT molecular complexity index is 917. The molecule has 3 heterocycles. The number of rotatable bonds is 5. The summed E-state index contributed by atoms with van der Waals surface area (Å²) in [5.74, 6) is 1.23. The lowest BCUT2D eigenvalue weighted by molar-refractivity contribution is 0.211. The van der Waals surface area contributed by atoms with Crippen molar-refractivity contribution in [1.82, 2.24) is 24.6 Å². The molecule has 0 unspecified atom stereocenters. The number of benzene rings is 1. The average molecular weight is 418 g/mol. The van der Waals surface area contributed by atoms with Crippen molar-refractivity contribution in [2.24, 2.45) is 0 Å². The van der Waals surface area contributed by atoms with Gasteiger partial charge in [0.15, 0.2) is 11.6 Å². The molecule has 2 aromatic heterocycles. The average Bonchev–Trinajstić information content (AvgIpc) is 3.19. The highest BCUT2D eigenvalue weighted by Crippen LogP contribution is 2.25. The molecular weight excluding hydrogens is 397 g/mol. The summed E-state index contributed by atoms with van der Waals surface area (Å²) in [7, 11) is 0. The van der Waals surface area contributed by atoms with Crippen molar-refractivity contribution >= 4 is 34.7 Å². The van der Waals surface area contributed by atoms with Gasteiger partial charge in [0.05, 0.1) is 0 Å². The second kappa shape index (κ2) is 8.34. The minimum absolute atomic E-state index is 0.307. The van der Waals surface area contributed by atoms with Crippen molar-refractivity contribution in [1.29, 1.82) is 0 Å². The maximum Gasteiger partial charge on any atom is 0.181 e. The lowest BCUT2D eigenvalue weighted by Crippen LogP contribution is -2.39. The van der Waals surface area contributed by atoms with E-state index in [1.165, 1.54) is 6.33 Å². The van der Waals surface area contributed by atoms with Crippen molar-refractivity contribution in [3.8, 4) is 5.82 Å². The van der Waals surface area contributed by atoms with Crippen LogP contribution in [0.2, 0.25) is 10.0 Å². The van der Waals surface area contributed by atoms with Gasteiger partial charge < -0.3 is 11.1 Å². The molecule has 0 radical (unpaired) electrons. The molecule has 4 rings (SSSR count). The van der Waals surface area contributed by atoms with E-state index in [-0.39, 0.29) is 0 Å². The number of likely N-dealkylation sites (tertiary alicyclic amines) is 1. The van der Waals surface area contributed by atoms with Gasteiger partial charge in [-0.1, -0.05) is 23.2 Å². The number of anilines is 2. The van der Waals surface area contributed by atoms with Crippen molar-refractivity contribution in [2.45, 2.75) is 25.4 Å². The number of nitrogens with zero attached hydrogens (tertiary/aromatic N) is 5. The number of piperidine rings is 1. The summed E-state index contributed by atoms with van der Waals surface area (Å²) >= 11 is 12.2. The summed E-state index contributed by atoms with van der Waals surface area (Å²) in [6, 6.07) is 7.83. The number of aromatic nitrogens is 4. The van der Waals surface area contributed by atoms with Crippen LogP contribution >= 0.6 is 23.2 Å². The summed E-state index contributed by atoms with van der Waals surface area (Å²) in [5, 5.41) is 9.00. The van der Waals surface area contributed by atoms with E-state index in [0.717, 1.165) is 38.0 Å². The Hall–Kier alpha value is -2.35. The molecule has 28 heavy (non-hydrogen) atoms. The van der Waals surface area contributed by atoms with Gasteiger partial charge >= 0.3 is 0 Å². The van der Waals surface area contributed by atoms with Crippen molar-refractivity contribution in [2.75, 3.05) is 24.1 Å². The molecule has 0 bridgehead atoms. The zero-order valence-electron chi connectivity index (χ0n) is 15.2. The van der Waals surface area contributed by atoms with Gasteiger partial charge in [0.2, 0.25) is 0 Å². The molecule has 0 amide bonds. The maximum absolute atomic E-state index is 6.27. The fourth-order valence-corrected chi connectivity index (χ4v) is 4.04. The smallest absolute Gasteiger partial charge is 0.181 e. The molecule has 3 aromatic rings. The van der Waals surface area contributed by atoms with Gasteiger partial charge in [0.1, 0.15) is 12.0 Å². The Morgan fingerprint density at radius 2 is 1.86 bits per heavy atom. The molecule has 1 aliphatic rings. The topological polar surface area (TPSA) is 84.9 Å². The lowest BCUT2D eigenvalue weighted by Gasteiger charge is -2.32. The molecule has 9 heteroatoms. The fourth-order valence-electron chi connectivity index (χ4n) is 3.47. The third-order valence-electron chi connectivity index (χ3n) is 4.84. The van der Waals surface area contributed by atoms with Crippen molar-refractivity contribution < 1.29 is 0 Å². The summed E-state index contributed by atoms with van der Waals surface area (Å²) in [6.45, 7) is 2.78. The molecule has 0 atom stereocenters. The first-order valence-corrected chi connectivity index (χ1v) is 9.88. The van der Waals surface area contributed by atoms with Crippen LogP contribution in [0, 0.1) is 0 Å². The Balaban J connectivity index is 1.36. The molecule has 1 aliphatic heterocycles. The number of nitrogen functional groups attached to an aromatic ring is 1. The van der Waals surface area contributed by atoms with E-state index < -0.39 is 0 Å². The number of hydrogen-bond acceptors (Lipinski definition) is 6. The molecule has 7 nitrogen and oxygen atoms in total. The van der Waals surface area contributed by atoms with E-state index >= 15 is 0 Å². The van der Waals surface area contributed by atoms with Crippen molar-refractivity contribution in [3.05, 3.63) is 58.6 Å². The minimum Gasteiger partial charge on any atom is -0.393 e. The number of hydrogen-bond donors (Lipinski definition) is 2. The first-order chi connectivity index (χ1) is 13.6. The zero-order chi connectivity index (χ0) is 19.5. The predicted octanol–water partition coefficient (Wildman–Crippen LogP) is 3.63. The van der Waals surface area contributed by atoms with Crippen LogP contribution in [0.3, 0.4) is 0 Å². The molecule has 1 aromatic carbocycles. The molecule has 3 N–H and O–H groups in total. The van der Waals surface area contributed by atoms with E-state index in [9.17, 15) is 0 Å². The lowest BCUT2D eigenvalue weighted by atomic mass is 10.0. The van der Waals surface area contributed by atoms with Gasteiger partial charge in [-0.15, -0.1) is 0 Å². The Labute approximate surface area is 173 Å². The van der Waals surface area contributed by atoms with Gasteiger partial charge in [-0.25, -0.2) is 14.6 Å². The highest BCUT2D eigenvalue weighted by atomic mass is 35.5. The standard InChI is InChI=1S/C19H21Cl2N7/c20-14-8-13(9-15(21)10-14)11-27-6-2-16(3-7-27)26-18-17(22)19(24-12-23-18)28-5-1-4-25-28/h1,4-5,8-10,12,16H,2-3,6-7,11,22H2,(H,23,24,26). The van der Waals surface area contributed by atoms with E-state index in [4.69, 9.17) is 28.9 Å². The van der Waals surface area contributed by atoms with E-state index in [1.807, 2.05) is 24.4 Å². The van der Waals surface area contributed by atoms with Crippen LogP contribution in [0.4, 0.5) is 11.5 Å². The fraction of sp³-hybridized carbons (Fsp3) is 0.316. The first kappa shape index (κ1) is 19.0. The third-order valence-corrected chi connectivity index (χ3v) is 5.28. The second-order valence-corrected chi connectivity index (χ2v) is 7.76. The van der Waals surface area contributed by atoms with Crippen LogP contribution in [0.5, 0.6) is 0 Å². The monoisotopic (exact) mass is 417 g/mol. The summed E-state index contributed by atoms with van der Waals surface area (Å²) in [6.07, 6.45) is 7.00. The summed E-state index contributed by atoms with van der Waals surface area (Å²) in [4.78, 5) is 11.0. The quantitative estimate of drug-likeness (QED) is 0.658. The highest BCUT2D eigenvalue weighted by molar-refractivity contribution is 6.34. The second-order valence-electron chi connectivity index (χ2n) is 6.88.